The molecule has 1 aliphatic rings. The maximum absolute atomic E-state index is 11.8. The van der Waals surface area contributed by atoms with Gasteiger partial charge in [0.25, 0.3) is 5.91 Å². The van der Waals surface area contributed by atoms with Crippen LogP contribution >= 0.6 is 0 Å². The molecule has 0 aliphatic heterocycles. The van der Waals surface area contributed by atoms with Gasteiger partial charge in [-0.05, 0) is 18.9 Å². The van der Waals surface area contributed by atoms with Crippen molar-refractivity contribution in [2.24, 2.45) is 0 Å². The molecule has 2 rings (SSSR count). The Labute approximate surface area is 131 Å². The van der Waals surface area contributed by atoms with Crippen LogP contribution in [0.3, 0.4) is 0 Å². The van der Waals surface area contributed by atoms with Gasteiger partial charge in [-0.3, -0.25) is 9.59 Å². The maximum atomic E-state index is 11.8. The molecular formula is C17H23NO4. The van der Waals surface area contributed by atoms with Crippen LogP contribution in [0.1, 0.15) is 37.7 Å². The Kier molecular flexibility index (Phi) is 6.25. The molecular weight excluding hydrogens is 282 g/mol. The number of hydrogen-bond acceptors (Lipinski definition) is 4. The SMILES string of the molecule is COc1ccccc1CC(=O)OCC(=O)NC1CCCCC1. The molecule has 1 aromatic rings. The van der Waals surface area contributed by atoms with E-state index in [4.69, 9.17) is 9.47 Å². The van der Waals surface area contributed by atoms with Gasteiger partial charge < -0.3 is 14.8 Å². The Hall–Kier alpha value is -2.04. The first-order valence-corrected chi connectivity index (χ1v) is 7.76. The zero-order valence-electron chi connectivity index (χ0n) is 13.0. The van der Waals surface area contributed by atoms with Gasteiger partial charge in [-0.25, -0.2) is 0 Å². The van der Waals surface area contributed by atoms with E-state index in [1.54, 1.807) is 13.2 Å². The lowest BCUT2D eigenvalue weighted by Gasteiger charge is -2.22. The van der Waals surface area contributed by atoms with E-state index in [-0.39, 0.29) is 25.0 Å². The van der Waals surface area contributed by atoms with Crippen LogP contribution in [0.5, 0.6) is 5.75 Å². The molecule has 1 N–H and O–H groups in total. The van der Waals surface area contributed by atoms with Crippen LogP contribution in [0.4, 0.5) is 0 Å². The molecule has 0 unspecified atom stereocenters. The van der Waals surface area contributed by atoms with Crippen molar-refractivity contribution >= 4 is 11.9 Å². The van der Waals surface area contributed by atoms with Crippen molar-refractivity contribution in [3.63, 3.8) is 0 Å². The first-order chi connectivity index (χ1) is 10.7. The van der Waals surface area contributed by atoms with Crippen molar-refractivity contribution in [1.82, 2.24) is 5.32 Å². The first kappa shape index (κ1) is 16.3. The fraction of sp³-hybridized carbons (Fsp3) is 0.529. The van der Waals surface area contributed by atoms with Crippen LogP contribution in [0.15, 0.2) is 24.3 Å². The predicted molar refractivity (Wildman–Crippen MR) is 82.7 cm³/mol. The Morgan fingerprint density at radius 3 is 2.64 bits per heavy atom. The number of para-hydroxylation sites is 1. The van der Waals surface area contributed by atoms with Gasteiger partial charge in [0.05, 0.1) is 13.5 Å². The number of methoxy groups -OCH3 is 1. The standard InChI is InChI=1S/C17H23NO4/c1-21-15-10-6-5-7-13(15)11-17(20)22-12-16(19)18-14-8-3-2-4-9-14/h5-7,10,14H,2-4,8-9,11-12H2,1H3,(H,18,19). The highest BCUT2D eigenvalue weighted by molar-refractivity contribution is 5.81. The summed E-state index contributed by atoms with van der Waals surface area (Å²) < 4.78 is 10.2. The minimum Gasteiger partial charge on any atom is -0.496 e. The summed E-state index contributed by atoms with van der Waals surface area (Å²) in [7, 11) is 1.56. The molecule has 1 saturated carbocycles. The molecule has 5 nitrogen and oxygen atoms in total. The van der Waals surface area contributed by atoms with Crippen molar-refractivity contribution in [3.8, 4) is 5.75 Å². The van der Waals surface area contributed by atoms with Crippen LogP contribution in [0.25, 0.3) is 0 Å². The number of ether oxygens (including phenoxy) is 2. The van der Waals surface area contributed by atoms with Crippen LogP contribution in [-0.2, 0) is 20.7 Å². The van der Waals surface area contributed by atoms with E-state index in [1.807, 2.05) is 18.2 Å². The number of benzene rings is 1. The highest BCUT2D eigenvalue weighted by Gasteiger charge is 2.17. The average Bonchev–Trinajstić information content (AvgIpc) is 2.54. The summed E-state index contributed by atoms with van der Waals surface area (Å²) >= 11 is 0. The molecule has 0 saturated heterocycles. The third kappa shape index (κ3) is 5.06. The number of hydrogen-bond donors (Lipinski definition) is 1. The van der Waals surface area contributed by atoms with Crippen molar-refractivity contribution in [2.75, 3.05) is 13.7 Å². The molecule has 1 fully saturated rings. The predicted octanol–water partition coefficient (Wildman–Crippen LogP) is 2.23. The van der Waals surface area contributed by atoms with Gasteiger partial charge in [0.1, 0.15) is 5.75 Å². The van der Waals surface area contributed by atoms with Crippen LogP contribution in [0, 0.1) is 0 Å². The monoisotopic (exact) mass is 305 g/mol. The third-order valence-corrected chi connectivity index (χ3v) is 3.86. The molecule has 0 bridgehead atoms. The van der Waals surface area contributed by atoms with E-state index in [9.17, 15) is 9.59 Å². The number of carbonyl (C=O) groups excluding carboxylic acids is 2. The molecule has 22 heavy (non-hydrogen) atoms. The van der Waals surface area contributed by atoms with Gasteiger partial charge in [0, 0.05) is 11.6 Å². The Balaban J connectivity index is 1.73. The highest BCUT2D eigenvalue weighted by Crippen LogP contribution is 2.18. The van der Waals surface area contributed by atoms with Gasteiger partial charge in [-0.1, -0.05) is 37.5 Å². The molecule has 1 amide bonds. The van der Waals surface area contributed by atoms with Crippen LogP contribution < -0.4 is 10.1 Å². The summed E-state index contributed by atoms with van der Waals surface area (Å²) in [5.41, 5.74) is 0.752. The highest BCUT2D eigenvalue weighted by atomic mass is 16.5. The number of amides is 1. The number of esters is 1. The zero-order valence-corrected chi connectivity index (χ0v) is 13.0. The van der Waals surface area contributed by atoms with E-state index in [2.05, 4.69) is 5.32 Å². The largest absolute Gasteiger partial charge is 0.496 e. The van der Waals surface area contributed by atoms with E-state index >= 15 is 0 Å². The zero-order chi connectivity index (χ0) is 15.8. The summed E-state index contributed by atoms with van der Waals surface area (Å²) in [6, 6.07) is 7.50. The summed E-state index contributed by atoms with van der Waals surface area (Å²) in [6.07, 6.45) is 5.67. The Morgan fingerprint density at radius 1 is 1.18 bits per heavy atom. The van der Waals surface area contributed by atoms with Gasteiger partial charge in [0.2, 0.25) is 0 Å². The molecule has 0 aromatic heterocycles. The lowest BCUT2D eigenvalue weighted by Crippen LogP contribution is -2.38. The summed E-state index contributed by atoms with van der Waals surface area (Å²) in [5.74, 6) is -0.00493. The summed E-state index contributed by atoms with van der Waals surface area (Å²) in [6.45, 7) is -0.218. The Morgan fingerprint density at radius 2 is 1.91 bits per heavy atom. The second-order valence-electron chi connectivity index (χ2n) is 5.55. The second-order valence-corrected chi connectivity index (χ2v) is 5.55. The molecule has 1 aliphatic carbocycles. The number of nitrogens with one attached hydrogen (secondary N) is 1. The quantitative estimate of drug-likeness (QED) is 0.819. The fourth-order valence-electron chi connectivity index (χ4n) is 2.72. The van der Waals surface area contributed by atoms with Crippen molar-refractivity contribution in [2.45, 2.75) is 44.6 Å². The van der Waals surface area contributed by atoms with E-state index in [1.165, 1.54) is 6.42 Å². The first-order valence-electron chi connectivity index (χ1n) is 7.76. The van der Waals surface area contributed by atoms with Gasteiger partial charge in [-0.2, -0.15) is 0 Å². The minimum absolute atomic E-state index is 0.0979. The van der Waals surface area contributed by atoms with E-state index in [0.717, 1.165) is 31.2 Å². The number of rotatable bonds is 6. The van der Waals surface area contributed by atoms with Gasteiger partial charge in [-0.15, -0.1) is 0 Å². The molecule has 0 heterocycles. The van der Waals surface area contributed by atoms with Crippen molar-refractivity contribution in [3.05, 3.63) is 29.8 Å². The fourth-order valence-corrected chi connectivity index (χ4v) is 2.72. The van der Waals surface area contributed by atoms with E-state index < -0.39 is 5.97 Å². The second kappa shape index (κ2) is 8.41. The van der Waals surface area contributed by atoms with Crippen molar-refractivity contribution in [1.29, 1.82) is 0 Å². The molecule has 0 spiro atoms. The lowest BCUT2D eigenvalue weighted by molar-refractivity contribution is -0.148. The van der Waals surface area contributed by atoms with E-state index in [0.29, 0.717) is 5.75 Å². The van der Waals surface area contributed by atoms with Gasteiger partial charge in [0.15, 0.2) is 6.61 Å². The third-order valence-electron chi connectivity index (χ3n) is 3.86. The van der Waals surface area contributed by atoms with Crippen LogP contribution in [-0.4, -0.2) is 31.6 Å². The lowest BCUT2D eigenvalue weighted by atomic mass is 9.95. The van der Waals surface area contributed by atoms with Crippen molar-refractivity contribution < 1.29 is 19.1 Å². The number of carbonyl (C=O) groups is 2. The maximum Gasteiger partial charge on any atom is 0.310 e. The normalized spacial score (nSPS) is 15.1. The summed E-state index contributed by atoms with van der Waals surface area (Å²) in [5, 5.41) is 2.92. The molecule has 0 atom stereocenters. The summed E-state index contributed by atoms with van der Waals surface area (Å²) in [4.78, 5) is 23.6. The molecule has 120 valence electrons. The van der Waals surface area contributed by atoms with Gasteiger partial charge >= 0.3 is 5.97 Å². The molecule has 5 heteroatoms. The minimum atomic E-state index is -0.428. The average molecular weight is 305 g/mol. The molecule has 0 radical (unpaired) electrons. The molecule has 1 aromatic carbocycles. The van der Waals surface area contributed by atoms with Crippen LogP contribution in [0.2, 0.25) is 0 Å². The smallest absolute Gasteiger partial charge is 0.310 e. The topological polar surface area (TPSA) is 64.6 Å². The Bertz CT molecular complexity index is 509.